The minimum Gasteiger partial charge on any atom is -0.454 e. The van der Waals surface area contributed by atoms with E-state index in [0.717, 1.165) is 19.3 Å². The van der Waals surface area contributed by atoms with Gasteiger partial charge in [-0.2, -0.15) is 0 Å². The molecule has 1 saturated carbocycles. The fourth-order valence-corrected chi connectivity index (χ4v) is 4.03. The Labute approximate surface area is 108 Å². The number of hydrogen-bond donors (Lipinski definition) is 1. The van der Waals surface area contributed by atoms with Gasteiger partial charge in [0, 0.05) is 16.9 Å². The Morgan fingerprint density at radius 3 is 2.94 bits per heavy atom. The van der Waals surface area contributed by atoms with Crippen molar-refractivity contribution in [1.82, 2.24) is 0 Å². The summed E-state index contributed by atoms with van der Waals surface area (Å²) in [5.41, 5.74) is 2.78. The van der Waals surface area contributed by atoms with Crippen molar-refractivity contribution < 1.29 is 14.6 Å². The molecule has 3 aliphatic rings. The highest BCUT2D eigenvalue weighted by Crippen LogP contribution is 2.55. The molecule has 2 fully saturated rings. The lowest BCUT2D eigenvalue weighted by Crippen LogP contribution is -2.48. The van der Waals surface area contributed by atoms with Gasteiger partial charge in [-0.3, -0.25) is 0 Å². The lowest BCUT2D eigenvalue weighted by Gasteiger charge is -2.48. The number of hydrogen-bond acceptors (Lipinski definition) is 3. The molecule has 4 atom stereocenters. The van der Waals surface area contributed by atoms with Crippen molar-refractivity contribution in [2.75, 3.05) is 0 Å². The first kappa shape index (κ1) is 12.0. The molecule has 1 N–H and O–H groups in total. The van der Waals surface area contributed by atoms with Crippen LogP contribution in [0.2, 0.25) is 0 Å². The Balaban J connectivity index is 2.11. The topological polar surface area (TPSA) is 46.5 Å². The number of allylic oxidation sites excluding steroid dienone is 1. The van der Waals surface area contributed by atoms with Crippen molar-refractivity contribution >= 4 is 5.97 Å². The van der Waals surface area contributed by atoms with E-state index in [0.29, 0.717) is 12.0 Å². The van der Waals surface area contributed by atoms with Crippen molar-refractivity contribution in [2.45, 2.75) is 51.7 Å². The summed E-state index contributed by atoms with van der Waals surface area (Å²) in [5.74, 6) is -0.309. The number of carbonyl (C=O) groups is 1. The molecule has 18 heavy (non-hydrogen) atoms. The van der Waals surface area contributed by atoms with Gasteiger partial charge in [-0.1, -0.05) is 19.1 Å². The summed E-state index contributed by atoms with van der Waals surface area (Å²) in [4.78, 5) is 11.7. The van der Waals surface area contributed by atoms with Gasteiger partial charge in [0.05, 0.1) is 6.10 Å². The van der Waals surface area contributed by atoms with E-state index in [4.69, 9.17) is 4.74 Å². The molecular weight excluding hydrogens is 228 g/mol. The molecule has 0 amide bonds. The Morgan fingerprint density at radius 1 is 1.50 bits per heavy atom. The standard InChI is InChI=1S/C15H20O3/c1-8-5-4-6-15(3)11(16)7-10-9(2)14(17)18-13(10)12(8)15/h10-11,13,16H,2,4-7H2,1,3H3. The first-order valence-corrected chi connectivity index (χ1v) is 6.73. The third kappa shape index (κ3) is 1.37. The van der Waals surface area contributed by atoms with E-state index >= 15 is 0 Å². The predicted octanol–water partition coefficient (Wildman–Crippen LogP) is 2.36. The lowest BCUT2D eigenvalue weighted by molar-refractivity contribution is -0.139. The molecule has 98 valence electrons. The normalized spacial score (nSPS) is 43.6. The van der Waals surface area contributed by atoms with Crippen molar-refractivity contribution in [3.05, 3.63) is 23.3 Å². The van der Waals surface area contributed by atoms with Crippen LogP contribution in [-0.2, 0) is 9.53 Å². The zero-order chi connectivity index (χ0) is 13.1. The molecule has 1 heterocycles. The van der Waals surface area contributed by atoms with Crippen LogP contribution >= 0.6 is 0 Å². The molecule has 1 saturated heterocycles. The number of esters is 1. The second kappa shape index (κ2) is 3.70. The number of ether oxygens (including phenoxy) is 1. The Hall–Kier alpha value is -1.09. The van der Waals surface area contributed by atoms with Gasteiger partial charge < -0.3 is 9.84 Å². The van der Waals surface area contributed by atoms with Crippen LogP contribution in [0, 0.1) is 11.3 Å². The molecule has 2 aliphatic carbocycles. The summed E-state index contributed by atoms with van der Waals surface area (Å²) in [6.45, 7) is 8.05. The molecule has 3 heteroatoms. The maximum Gasteiger partial charge on any atom is 0.334 e. The highest BCUT2D eigenvalue weighted by atomic mass is 16.6. The van der Waals surface area contributed by atoms with Crippen molar-refractivity contribution in [2.24, 2.45) is 11.3 Å². The van der Waals surface area contributed by atoms with E-state index < -0.39 is 6.10 Å². The zero-order valence-electron chi connectivity index (χ0n) is 11.0. The molecule has 3 nitrogen and oxygen atoms in total. The first-order chi connectivity index (χ1) is 8.45. The monoisotopic (exact) mass is 248 g/mol. The van der Waals surface area contributed by atoms with Gasteiger partial charge >= 0.3 is 5.97 Å². The van der Waals surface area contributed by atoms with E-state index in [1.54, 1.807) is 0 Å². The first-order valence-electron chi connectivity index (χ1n) is 6.73. The van der Waals surface area contributed by atoms with Gasteiger partial charge in [0.1, 0.15) is 6.10 Å². The summed E-state index contributed by atoms with van der Waals surface area (Å²) in [6.07, 6.45) is 3.17. The lowest BCUT2D eigenvalue weighted by atomic mass is 9.58. The average molecular weight is 248 g/mol. The molecule has 1 aliphatic heterocycles. The summed E-state index contributed by atoms with van der Waals surface area (Å²) >= 11 is 0. The fraction of sp³-hybridized carbons (Fsp3) is 0.667. The van der Waals surface area contributed by atoms with E-state index in [1.165, 1.54) is 11.1 Å². The van der Waals surface area contributed by atoms with Crippen molar-refractivity contribution in [3.63, 3.8) is 0 Å². The van der Waals surface area contributed by atoms with Crippen LogP contribution in [0.5, 0.6) is 0 Å². The molecule has 0 aromatic rings. The van der Waals surface area contributed by atoms with Crippen LogP contribution in [0.1, 0.15) is 39.5 Å². The largest absolute Gasteiger partial charge is 0.454 e. The predicted molar refractivity (Wildman–Crippen MR) is 67.8 cm³/mol. The Bertz CT molecular complexity index is 462. The van der Waals surface area contributed by atoms with Gasteiger partial charge in [0.15, 0.2) is 0 Å². The summed E-state index contributed by atoms with van der Waals surface area (Å²) in [5, 5.41) is 10.5. The van der Waals surface area contributed by atoms with E-state index in [-0.39, 0.29) is 23.4 Å². The maximum absolute atomic E-state index is 11.7. The van der Waals surface area contributed by atoms with Crippen LogP contribution < -0.4 is 0 Å². The smallest absolute Gasteiger partial charge is 0.334 e. The van der Waals surface area contributed by atoms with Crippen molar-refractivity contribution in [3.8, 4) is 0 Å². The molecule has 0 aromatic heterocycles. The number of fused-ring (bicyclic) bond motifs is 3. The number of carbonyl (C=O) groups excluding carboxylic acids is 1. The third-order valence-corrected chi connectivity index (χ3v) is 5.13. The Kier molecular flexibility index (Phi) is 2.46. The minimum atomic E-state index is -0.393. The van der Waals surface area contributed by atoms with Crippen LogP contribution in [-0.4, -0.2) is 23.3 Å². The molecular formula is C15H20O3. The highest BCUT2D eigenvalue weighted by Gasteiger charge is 2.55. The average Bonchev–Trinajstić information content (AvgIpc) is 2.57. The quantitative estimate of drug-likeness (QED) is 0.406. The number of aliphatic hydroxyl groups excluding tert-OH is 1. The van der Waals surface area contributed by atoms with Gasteiger partial charge in [-0.05, 0) is 38.2 Å². The SMILES string of the molecule is C=C1C(=O)OC2C3=C(C)CCCC3(C)C(O)CC12. The molecule has 0 bridgehead atoms. The van der Waals surface area contributed by atoms with Gasteiger partial charge in [-0.15, -0.1) is 0 Å². The van der Waals surface area contributed by atoms with Gasteiger partial charge in [0.25, 0.3) is 0 Å². The summed E-state index contributed by atoms with van der Waals surface area (Å²) in [7, 11) is 0. The van der Waals surface area contributed by atoms with Crippen LogP contribution in [0.15, 0.2) is 23.3 Å². The van der Waals surface area contributed by atoms with E-state index in [9.17, 15) is 9.90 Å². The maximum atomic E-state index is 11.7. The van der Waals surface area contributed by atoms with Crippen LogP contribution in [0.4, 0.5) is 0 Å². The van der Waals surface area contributed by atoms with E-state index in [1.807, 2.05) is 0 Å². The molecule has 0 spiro atoms. The van der Waals surface area contributed by atoms with Gasteiger partial charge in [0.2, 0.25) is 0 Å². The number of rotatable bonds is 0. The highest BCUT2D eigenvalue weighted by molar-refractivity contribution is 5.91. The molecule has 3 rings (SSSR count). The number of aliphatic hydroxyl groups is 1. The zero-order valence-corrected chi connectivity index (χ0v) is 11.0. The Morgan fingerprint density at radius 2 is 2.22 bits per heavy atom. The molecule has 4 unspecified atom stereocenters. The minimum absolute atomic E-state index is 0.0244. The van der Waals surface area contributed by atoms with E-state index in [2.05, 4.69) is 20.4 Å². The second-order valence-corrected chi connectivity index (χ2v) is 6.17. The van der Waals surface area contributed by atoms with Crippen molar-refractivity contribution in [1.29, 1.82) is 0 Å². The fourth-order valence-electron chi connectivity index (χ4n) is 4.03. The van der Waals surface area contributed by atoms with Gasteiger partial charge in [-0.25, -0.2) is 4.79 Å². The third-order valence-electron chi connectivity index (χ3n) is 5.13. The summed E-state index contributed by atoms with van der Waals surface area (Å²) in [6, 6.07) is 0. The van der Waals surface area contributed by atoms with Crippen LogP contribution in [0.25, 0.3) is 0 Å². The molecule has 0 radical (unpaired) electrons. The second-order valence-electron chi connectivity index (χ2n) is 6.17. The summed E-state index contributed by atoms with van der Waals surface area (Å²) < 4.78 is 5.52. The molecule has 0 aromatic carbocycles. The van der Waals surface area contributed by atoms with Crippen LogP contribution in [0.3, 0.4) is 0 Å².